The standard InChI is InChI=1S/C9H15O2/c1-2-11-9-6-4-3-5-8(9)7-10/h8-9H,2-6H2,1H3. The molecule has 1 saturated carbocycles. The Bertz CT molecular complexity index is 121. The lowest BCUT2D eigenvalue weighted by Crippen LogP contribution is -2.28. The first-order chi connectivity index (χ1) is 5.38. The van der Waals surface area contributed by atoms with Crippen LogP contribution in [0.25, 0.3) is 0 Å². The van der Waals surface area contributed by atoms with Gasteiger partial charge in [0.2, 0.25) is 6.29 Å². The first-order valence-corrected chi connectivity index (χ1v) is 4.37. The summed E-state index contributed by atoms with van der Waals surface area (Å²) < 4.78 is 5.42. The minimum Gasteiger partial charge on any atom is -0.378 e. The summed E-state index contributed by atoms with van der Waals surface area (Å²) >= 11 is 0. The van der Waals surface area contributed by atoms with Crippen molar-refractivity contribution in [1.82, 2.24) is 0 Å². The number of hydrogen-bond acceptors (Lipinski definition) is 2. The van der Waals surface area contributed by atoms with Gasteiger partial charge in [0.15, 0.2) is 0 Å². The van der Waals surface area contributed by atoms with Gasteiger partial charge < -0.3 is 4.74 Å². The zero-order chi connectivity index (χ0) is 8.10. The minimum absolute atomic E-state index is 0.0451. The van der Waals surface area contributed by atoms with Gasteiger partial charge in [-0.15, -0.1) is 0 Å². The second-order valence-corrected chi connectivity index (χ2v) is 3.00. The van der Waals surface area contributed by atoms with Gasteiger partial charge in [-0.3, -0.25) is 4.79 Å². The van der Waals surface area contributed by atoms with Crippen molar-refractivity contribution in [3.63, 3.8) is 0 Å². The maximum Gasteiger partial charge on any atom is 0.204 e. The molecule has 0 amide bonds. The summed E-state index contributed by atoms with van der Waals surface area (Å²) in [4.78, 5) is 10.4. The fourth-order valence-electron chi connectivity index (χ4n) is 1.65. The van der Waals surface area contributed by atoms with E-state index in [1.54, 1.807) is 0 Å². The van der Waals surface area contributed by atoms with Crippen LogP contribution in [0, 0.1) is 5.92 Å². The number of rotatable bonds is 3. The molecule has 0 spiro atoms. The topological polar surface area (TPSA) is 26.3 Å². The Labute approximate surface area is 67.9 Å². The normalized spacial score (nSPS) is 31.7. The quantitative estimate of drug-likeness (QED) is 0.620. The third kappa shape index (κ3) is 2.29. The van der Waals surface area contributed by atoms with Gasteiger partial charge in [0.05, 0.1) is 12.0 Å². The van der Waals surface area contributed by atoms with E-state index in [1.165, 1.54) is 6.42 Å². The second kappa shape index (κ2) is 4.50. The van der Waals surface area contributed by atoms with Crippen molar-refractivity contribution in [1.29, 1.82) is 0 Å². The zero-order valence-electron chi connectivity index (χ0n) is 7.01. The molecule has 1 fully saturated rings. The lowest BCUT2D eigenvalue weighted by Gasteiger charge is -2.26. The first kappa shape index (κ1) is 8.72. The van der Waals surface area contributed by atoms with Gasteiger partial charge in [0.1, 0.15) is 0 Å². The average molecular weight is 155 g/mol. The minimum atomic E-state index is 0.0451. The van der Waals surface area contributed by atoms with Crippen molar-refractivity contribution >= 4 is 6.29 Å². The maximum absolute atomic E-state index is 10.4. The summed E-state index contributed by atoms with van der Waals surface area (Å²) in [6.07, 6.45) is 6.58. The van der Waals surface area contributed by atoms with Gasteiger partial charge in [0, 0.05) is 6.61 Å². The van der Waals surface area contributed by atoms with Crippen molar-refractivity contribution in [3.8, 4) is 0 Å². The van der Waals surface area contributed by atoms with Crippen LogP contribution in [0.15, 0.2) is 0 Å². The summed E-state index contributed by atoms with van der Waals surface area (Å²) in [6, 6.07) is 0. The Kier molecular flexibility index (Phi) is 3.57. The van der Waals surface area contributed by atoms with E-state index in [2.05, 4.69) is 6.29 Å². The highest BCUT2D eigenvalue weighted by Crippen LogP contribution is 2.24. The van der Waals surface area contributed by atoms with E-state index in [0.717, 1.165) is 19.3 Å². The summed E-state index contributed by atoms with van der Waals surface area (Å²) in [5, 5.41) is 0. The summed E-state index contributed by atoms with van der Waals surface area (Å²) in [5.41, 5.74) is 0. The van der Waals surface area contributed by atoms with Crippen LogP contribution in [0.5, 0.6) is 0 Å². The molecule has 0 saturated heterocycles. The van der Waals surface area contributed by atoms with E-state index in [-0.39, 0.29) is 12.0 Å². The highest BCUT2D eigenvalue weighted by Gasteiger charge is 2.25. The van der Waals surface area contributed by atoms with Gasteiger partial charge in [-0.1, -0.05) is 12.8 Å². The molecule has 0 N–H and O–H groups in total. The van der Waals surface area contributed by atoms with Crippen molar-refractivity contribution < 1.29 is 9.53 Å². The van der Waals surface area contributed by atoms with Crippen LogP contribution in [0.4, 0.5) is 0 Å². The fourth-order valence-corrected chi connectivity index (χ4v) is 1.65. The molecule has 1 radical (unpaired) electrons. The molecule has 0 aromatic rings. The highest BCUT2D eigenvalue weighted by molar-refractivity contribution is 5.55. The van der Waals surface area contributed by atoms with Crippen LogP contribution < -0.4 is 0 Å². The van der Waals surface area contributed by atoms with E-state index in [1.807, 2.05) is 6.92 Å². The predicted molar refractivity (Wildman–Crippen MR) is 43.1 cm³/mol. The lowest BCUT2D eigenvalue weighted by molar-refractivity contribution is 0.0164. The van der Waals surface area contributed by atoms with Gasteiger partial charge in [-0.05, 0) is 19.8 Å². The van der Waals surface area contributed by atoms with Gasteiger partial charge in [-0.2, -0.15) is 0 Å². The average Bonchev–Trinajstić information content (AvgIpc) is 2.06. The van der Waals surface area contributed by atoms with Crippen LogP contribution in [0.2, 0.25) is 0 Å². The molecule has 0 aromatic heterocycles. The number of ether oxygens (including phenoxy) is 1. The smallest absolute Gasteiger partial charge is 0.204 e. The molecule has 0 aliphatic heterocycles. The molecule has 0 aromatic carbocycles. The van der Waals surface area contributed by atoms with Crippen LogP contribution in [-0.2, 0) is 9.53 Å². The molecule has 11 heavy (non-hydrogen) atoms. The van der Waals surface area contributed by atoms with Crippen LogP contribution in [-0.4, -0.2) is 19.0 Å². The Balaban J connectivity index is 2.37. The predicted octanol–water partition coefficient (Wildman–Crippen LogP) is 1.69. The SMILES string of the molecule is CCOC1CCCCC1[C]=O. The van der Waals surface area contributed by atoms with E-state index < -0.39 is 0 Å². The zero-order valence-corrected chi connectivity index (χ0v) is 7.01. The monoisotopic (exact) mass is 155 g/mol. The van der Waals surface area contributed by atoms with Crippen molar-refractivity contribution in [2.24, 2.45) is 5.92 Å². The van der Waals surface area contributed by atoms with Crippen LogP contribution in [0.1, 0.15) is 32.6 Å². The molecule has 0 bridgehead atoms. The Morgan fingerprint density at radius 3 is 2.82 bits per heavy atom. The molecule has 1 aliphatic rings. The molecule has 63 valence electrons. The molecular formula is C9H15O2. The molecular weight excluding hydrogens is 140 g/mol. The molecule has 0 heterocycles. The van der Waals surface area contributed by atoms with Gasteiger partial charge in [0.25, 0.3) is 0 Å². The van der Waals surface area contributed by atoms with E-state index >= 15 is 0 Å². The maximum atomic E-state index is 10.4. The summed E-state index contributed by atoms with van der Waals surface area (Å²) in [5.74, 6) is 0.0451. The van der Waals surface area contributed by atoms with Crippen LogP contribution in [0.3, 0.4) is 0 Å². The van der Waals surface area contributed by atoms with E-state index in [9.17, 15) is 4.79 Å². The Morgan fingerprint density at radius 1 is 1.45 bits per heavy atom. The first-order valence-electron chi connectivity index (χ1n) is 4.37. The summed E-state index contributed by atoms with van der Waals surface area (Å²) in [7, 11) is 0. The van der Waals surface area contributed by atoms with Gasteiger partial charge >= 0.3 is 0 Å². The Hall–Kier alpha value is -0.370. The molecule has 1 rings (SSSR count). The summed E-state index contributed by atoms with van der Waals surface area (Å²) in [6.45, 7) is 2.68. The number of carbonyl (C=O) groups excluding carboxylic acids is 1. The molecule has 1 aliphatic carbocycles. The van der Waals surface area contributed by atoms with Crippen molar-refractivity contribution in [2.75, 3.05) is 6.61 Å². The molecule has 2 atom stereocenters. The Morgan fingerprint density at radius 2 is 2.18 bits per heavy atom. The van der Waals surface area contributed by atoms with E-state index in [4.69, 9.17) is 4.74 Å². The van der Waals surface area contributed by atoms with Crippen LogP contribution >= 0.6 is 0 Å². The third-order valence-electron chi connectivity index (χ3n) is 2.23. The molecule has 2 nitrogen and oxygen atoms in total. The van der Waals surface area contributed by atoms with Gasteiger partial charge in [-0.25, -0.2) is 0 Å². The van der Waals surface area contributed by atoms with Crippen molar-refractivity contribution in [2.45, 2.75) is 38.7 Å². The number of hydrogen-bond donors (Lipinski definition) is 0. The highest BCUT2D eigenvalue weighted by atomic mass is 16.5. The van der Waals surface area contributed by atoms with Crippen molar-refractivity contribution in [3.05, 3.63) is 0 Å². The van der Waals surface area contributed by atoms with E-state index in [0.29, 0.717) is 6.61 Å². The lowest BCUT2D eigenvalue weighted by atomic mass is 9.87. The second-order valence-electron chi connectivity index (χ2n) is 3.00. The third-order valence-corrected chi connectivity index (χ3v) is 2.23. The largest absolute Gasteiger partial charge is 0.378 e. The molecule has 2 heteroatoms. The molecule has 2 unspecified atom stereocenters. The fraction of sp³-hybridized carbons (Fsp3) is 0.889.